The lowest BCUT2D eigenvalue weighted by Crippen LogP contribution is -2.41. The van der Waals surface area contributed by atoms with Crippen molar-refractivity contribution in [1.82, 2.24) is 0 Å². The normalized spacial score (nSPS) is 31.4. The molecule has 0 aromatic rings. The molecule has 0 aromatic heterocycles. The molecule has 1 aliphatic carbocycles. The average molecular weight is 325 g/mol. The summed E-state index contributed by atoms with van der Waals surface area (Å²) in [6.07, 6.45) is 1.84. The van der Waals surface area contributed by atoms with Crippen LogP contribution in [0.2, 0.25) is 0 Å². The molecule has 0 N–H and O–H groups in total. The number of nitrogens with zero attached hydrogens (tertiary/aromatic N) is 2. The number of allylic oxidation sites excluding steroid dienone is 1. The summed E-state index contributed by atoms with van der Waals surface area (Å²) in [5, 5.41) is -0.542. The molecular formula is C12H15ClF2N2O2S. The number of aliphatic imine (C=N–C) groups is 2. The molecule has 112 valence electrons. The highest BCUT2D eigenvalue weighted by Crippen LogP contribution is 2.38. The first-order chi connectivity index (χ1) is 9.19. The zero-order valence-corrected chi connectivity index (χ0v) is 12.7. The molecule has 8 heteroatoms. The SMILES string of the molecule is CC1=C2CCCC(F)(CF)C2=NC(S(C)(=O)=O)=NC1Cl. The van der Waals surface area contributed by atoms with Gasteiger partial charge in [-0.05, 0) is 37.3 Å². The average Bonchev–Trinajstić information content (AvgIpc) is 2.49. The molecule has 0 spiro atoms. The van der Waals surface area contributed by atoms with Gasteiger partial charge < -0.3 is 0 Å². The third kappa shape index (κ3) is 2.65. The van der Waals surface area contributed by atoms with Crippen LogP contribution < -0.4 is 0 Å². The molecule has 0 radical (unpaired) electrons. The molecule has 2 aliphatic rings. The van der Waals surface area contributed by atoms with Crippen molar-refractivity contribution in [2.75, 3.05) is 12.9 Å². The molecule has 0 aromatic carbocycles. The summed E-state index contributed by atoms with van der Waals surface area (Å²) >= 11 is 6.03. The molecule has 2 rings (SSSR count). The van der Waals surface area contributed by atoms with Gasteiger partial charge in [0, 0.05) is 6.26 Å². The van der Waals surface area contributed by atoms with E-state index in [2.05, 4.69) is 9.98 Å². The number of alkyl halides is 3. The fourth-order valence-electron chi connectivity index (χ4n) is 2.38. The minimum absolute atomic E-state index is 0.0247. The van der Waals surface area contributed by atoms with Crippen LogP contribution in [0.1, 0.15) is 26.2 Å². The third-order valence-corrected chi connectivity index (χ3v) is 4.80. The predicted octanol–water partition coefficient (Wildman–Crippen LogP) is 2.58. The minimum Gasteiger partial charge on any atom is -0.247 e. The Hall–Kier alpha value is -0.820. The lowest BCUT2D eigenvalue weighted by molar-refractivity contribution is 0.175. The summed E-state index contributed by atoms with van der Waals surface area (Å²) in [7, 11) is -3.75. The Balaban J connectivity index is 2.68. The summed E-state index contributed by atoms with van der Waals surface area (Å²) in [6.45, 7) is 0.397. The summed E-state index contributed by atoms with van der Waals surface area (Å²) in [6, 6.07) is 0. The van der Waals surface area contributed by atoms with E-state index in [1.807, 2.05) is 0 Å². The van der Waals surface area contributed by atoms with Crippen molar-refractivity contribution in [3.63, 3.8) is 0 Å². The first kappa shape index (κ1) is 15.6. The molecule has 0 saturated heterocycles. The minimum atomic E-state index is -3.75. The van der Waals surface area contributed by atoms with E-state index < -0.39 is 32.8 Å². The van der Waals surface area contributed by atoms with Crippen LogP contribution >= 0.6 is 11.6 Å². The van der Waals surface area contributed by atoms with Gasteiger partial charge in [-0.2, -0.15) is 0 Å². The van der Waals surface area contributed by atoms with Crippen LogP contribution in [0.3, 0.4) is 0 Å². The highest BCUT2D eigenvalue weighted by atomic mass is 35.5. The number of sulfone groups is 1. The quantitative estimate of drug-likeness (QED) is 0.550. The summed E-state index contributed by atoms with van der Waals surface area (Å²) in [5.74, 6) is 0. The monoisotopic (exact) mass is 324 g/mol. The Morgan fingerprint density at radius 1 is 1.50 bits per heavy atom. The van der Waals surface area contributed by atoms with Crippen LogP contribution in [-0.2, 0) is 9.84 Å². The van der Waals surface area contributed by atoms with Gasteiger partial charge in [-0.1, -0.05) is 11.6 Å². The van der Waals surface area contributed by atoms with Crippen LogP contribution in [0.4, 0.5) is 8.78 Å². The van der Waals surface area contributed by atoms with Crippen molar-refractivity contribution >= 4 is 32.3 Å². The molecule has 2 atom stereocenters. The van der Waals surface area contributed by atoms with E-state index in [0.29, 0.717) is 24.0 Å². The van der Waals surface area contributed by atoms with Crippen LogP contribution in [0, 0.1) is 0 Å². The van der Waals surface area contributed by atoms with Crippen LogP contribution in [-0.4, -0.2) is 43.4 Å². The summed E-state index contributed by atoms with van der Waals surface area (Å²) < 4.78 is 51.0. The maximum Gasteiger partial charge on any atom is 0.244 e. The smallest absolute Gasteiger partial charge is 0.244 e. The Bertz CT molecular complexity index is 627. The van der Waals surface area contributed by atoms with Gasteiger partial charge in [0.25, 0.3) is 0 Å². The van der Waals surface area contributed by atoms with Crippen LogP contribution in [0.25, 0.3) is 0 Å². The molecule has 4 nitrogen and oxygen atoms in total. The molecule has 0 amide bonds. The van der Waals surface area contributed by atoms with Crippen molar-refractivity contribution in [2.45, 2.75) is 37.4 Å². The number of halogens is 3. The van der Waals surface area contributed by atoms with Crippen molar-refractivity contribution in [3.05, 3.63) is 11.1 Å². The number of amidine groups is 1. The fraction of sp³-hybridized carbons (Fsp3) is 0.667. The lowest BCUT2D eigenvalue weighted by Gasteiger charge is -2.31. The maximum absolute atomic E-state index is 14.6. The first-order valence-electron chi connectivity index (χ1n) is 6.15. The molecule has 1 aliphatic heterocycles. The Labute approximate surface area is 121 Å². The van der Waals surface area contributed by atoms with E-state index in [0.717, 1.165) is 6.26 Å². The number of hydrogen-bond acceptors (Lipinski definition) is 4. The van der Waals surface area contributed by atoms with E-state index in [9.17, 15) is 17.2 Å². The molecule has 1 heterocycles. The number of rotatable bonds is 1. The lowest BCUT2D eigenvalue weighted by atomic mass is 9.80. The summed E-state index contributed by atoms with van der Waals surface area (Å²) in [5.41, 5.74) is -2.35. The summed E-state index contributed by atoms with van der Waals surface area (Å²) in [4.78, 5) is 7.63. The first-order valence-corrected chi connectivity index (χ1v) is 8.48. The van der Waals surface area contributed by atoms with E-state index in [1.165, 1.54) is 0 Å². The highest BCUT2D eigenvalue weighted by molar-refractivity contribution is 8.05. The zero-order chi connectivity index (χ0) is 15.1. The fourth-order valence-corrected chi connectivity index (χ4v) is 3.21. The van der Waals surface area contributed by atoms with Crippen LogP contribution in [0.5, 0.6) is 0 Å². The van der Waals surface area contributed by atoms with Gasteiger partial charge in [-0.3, -0.25) is 0 Å². The van der Waals surface area contributed by atoms with Gasteiger partial charge in [0.2, 0.25) is 15.0 Å². The molecule has 1 saturated carbocycles. The molecule has 1 fully saturated rings. The Morgan fingerprint density at radius 2 is 2.15 bits per heavy atom. The standard InChI is InChI=1S/C12H15ClF2N2O2S/c1-7-8-4-3-5-12(15,6-14)9(8)16-11(17-10(7)13)20(2,18)19/h10H,3-6H2,1-2H3. The number of fused-ring (bicyclic) bond motifs is 1. The highest BCUT2D eigenvalue weighted by Gasteiger charge is 2.43. The second-order valence-electron chi connectivity index (χ2n) is 5.09. The Kier molecular flexibility index (Phi) is 4.03. The van der Waals surface area contributed by atoms with Crippen LogP contribution in [0.15, 0.2) is 21.1 Å². The van der Waals surface area contributed by atoms with Crippen molar-refractivity contribution in [1.29, 1.82) is 0 Å². The van der Waals surface area contributed by atoms with Gasteiger partial charge in [0.05, 0.1) is 5.71 Å². The van der Waals surface area contributed by atoms with Gasteiger partial charge >= 0.3 is 0 Å². The van der Waals surface area contributed by atoms with Crippen molar-refractivity contribution < 1.29 is 17.2 Å². The van der Waals surface area contributed by atoms with Gasteiger partial charge in [-0.15, -0.1) is 0 Å². The van der Waals surface area contributed by atoms with Crippen molar-refractivity contribution in [2.24, 2.45) is 9.98 Å². The van der Waals surface area contributed by atoms with E-state index >= 15 is 0 Å². The van der Waals surface area contributed by atoms with Gasteiger partial charge in [0.15, 0.2) is 5.67 Å². The molecule has 0 bridgehead atoms. The van der Waals surface area contributed by atoms with E-state index in [1.54, 1.807) is 6.92 Å². The second-order valence-corrected chi connectivity index (χ2v) is 7.42. The second kappa shape index (κ2) is 5.18. The predicted molar refractivity (Wildman–Crippen MR) is 75.7 cm³/mol. The molecule has 2 unspecified atom stereocenters. The zero-order valence-electron chi connectivity index (χ0n) is 11.2. The third-order valence-electron chi connectivity index (χ3n) is 3.52. The molecular weight excluding hydrogens is 310 g/mol. The van der Waals surface area contributed by atoms with E-state index in [-0.39, 0.29) is 12.1 Å². The largest absolute Gasteiger partial charge is 0.247 e. The van der Waals surface area contributed by atoms with Gasteiger partial charge in [-0.25, -0.2) is 27.2 Å². The number of hydrogen-bond donors (Lipinski definition) is 0. The molecule has 20 heavy (non-hydrogen) atoms. The Morgan fingerprint density at radius 3 is 2.70 bits per heavy atom. The van der Waals surface area contributed by atoms with Crippen molar-refractivity contribution in [3.8, 4) is 0 Å². The van der Waals surface area contributed by atoms with Gasteiger partial charge in [0.1, 0.15) is 12.2 Å². The maximum atomic E-state index is 14.6. The topological polar surface area (TPSA) is 58.9 Å². The van der Waals surface area contributed by atoms with E-state index in [4.69, 9.17) is 11.6 Å².